The van der Waals surface area contributed by atoms with E-state index >= 15 is 0 Å². The molecule has 2 rings (SSSR count). The molecule has 154 valence electrons. The molecule has 0 aliphatic heterocycles. The number of carboxylic acid groups (broad SMARTS) is 1. The number of hydrogen-bond donors (Lipinski definition) is 3. The predicted octanol–water partition coefficient (Wildman–Crippen LogP) is 4.35. The Morgan fingerprint density at radius 3 is 2.62 bits per heavy atom. The summed E-state index contributed by atoms with van der Waals surface area (Å²) < 4.78 is 10.8. The highest BCUT2D eigenvalue weighted by atomic mass is 35.5. The van der Waals surface area contributed by atoms with E-state index in [4.69, 9.17) is 33.3 Å². The van der Waals surface area contributed by atoms with E-state index in [9.17, 15) is 14.7 Å². The first-order chi connectivity index (χ1) is 13.8. The van der Waals surface area contributed by atoms with Gasteiger partial charge in [-0.15, -0.1) is 0 Å². The van der Waals surface area contributed by atoms with Crippen molar-refractivity contribution in [1.29, 1.82) is 0 Å². The lowest BCUT2D eigenvalue weighted by atomic mass is 10.2. The molecule has 2 aromatic carbocycles. The molecule has 0 atom stereocenters. The first kappa shape index (κ1) is 22.4. The zero-order valence-electron chi connectivity index (χ0n) is 16.0. The number of carbonyl (C=O) groups is 2. The number of ether oxygens (including phenoxy) is 2. The Kier molecular flexibility index (Phi) is 8.23. The fraction of sp³-hybridized carbons (Fsp3) is 0.250. The lowest BCUT2D eigenvalue weighted by Gasteiger charge is -2.15. The fourth-order valence-electron chi connectivity index (χ4n) is 2.41. The van der Waals surface area contributed by atoms with Gasteiger partial charge in [-0.1, -0.05) is 31.0 Å². The summed E-state index contributed by atoms with van der Waals surface area (Å²) in [5.74, 6) is -0.803. The molecule has 9 heteroatoms. The van der Waals surface area contributed by atoms with Crippen molar-refractivity contribution in [3.8, 4) is 11.5 Å². The minimum absolute atomic E-state index is 0.0378. The van der Waals surface area contributed by atoms with E-state index in [1.54, 1.807) is 24.3 Å². The number of nitrogens with one attached hydrogen (secondary N) is 2. The normalized spacial score (nSPS) is 10.2. The van der Waals surface area contributed by atoms with E-state index in [-0.39, 0.29) is 27.1 Å². The third-order valence-electron chi connectivity index (χ3n) is 3.83. The number of thiocarbonyl (C=S) groups is 1. The number of methoxy groups -OCH3 is 1. The standard InChI is InChI=1S/C20H21ClN2O5S/c1-3-4-8-28-14-7-5-6-12(9-14)18(24)23-20(29)22-16-11-13(19(25)26)10-15(21)17(16)27-2/h5-7,9-11H,3-4,8H2,1-2H3,(H,25,26)(H2,22,23,24,29). The Morgan fingerprint density at radius 2 is 1.97 bits per heavy atom. The third-order valence-corrected chi connectivity index (χ3v) is 4.32. The van der Waals surface area contributed by atoms with Gasteiger partial charge in [-0.25, -0.2) is 4.79 Å². The van der Waals surface area contributed by atoms with Crippen LogP contribution in [-0.4, -0.2) is 35.8 Å². The van der Waals surface area contributed by atoms with Crippen molar-refractivity contribution in [1.82, 2.24) is 5.32 Å². The molecule has 0 radical (unpaired) electrons. The molecule has 0 aliphatic rings. The number of amides is 1. The predicted molar refractivity (Wildman–Crippen MR) is 115 cm³/mol. The van der Waals surface area contributed by atoms with E-state index in [0.29, 0.717) is 17.9 Å². The van der Waals surface area contributed by atoms with Gasteiger partial charge < -0.3 is 19.9 Å². The number of rotatable bonds is 8. The minimum atomic E-state index is -1.16. The van der Waals surface area contributed by atoms with Crippen molar-refractivity contribution >= 4 is 46.5 Å². The summed E-state index contributed by atoms with van der Waals surface area (Å²) >= 11 is 11.2. The van der Waals surface area contributed by atoms with Crippen molar-refractivity contribution in [3.63, 3.8) is 0 Å². The van der Waals surface area contributed by atoms with Gasteiger partial charge in [-0.3, -0.25) is 10.1 Å². The zero-order valence-corrected chi connectivity index (χ0v) is 17.5. The average Bonchev–Trinajstić information content (AvgIpc) is 2.68. The molecule has 2 aromatic rings. The SMILES string of the molecule is CCCCOc1cccc(C(=O)NC(=S)Nc2cc(C(=O)O)cc(Cl)c2OC)c1. The van der Waals surface area contributed by atoms with Gasteiger partial charge in [-0.2, -0.15) is 0 Å². The van der Waals surface area contributed by atoms with Crippen LogP contribution in [0.5, 0.6) is 11.5 Å². The maximum absolute atomic E-state index is 12.5. The number of benzene rings is 2. The molecule has 0 bridgehead atoms. The van der Waals surface area contributed by atoms with Crippen LogP contribution in [0.3, 0.4) is 0 Å². The maximum atomic E-state index is 12.5. The Hall–Kier alpha value is -2.84. The van der Waals surface area contributed by atoms with Crippen LogP contribution in [0, 0.1) is 0 Å². The van der Waals surface area contributed by atoms with Gasteiger partial charge in [0.2, 0.25) is 0 Å². The molecule has 0 spiro atoms. The number of hydrogen-bond acceptors (Lipinski definition) is 5. The molecule has 0 saturated carbocycles. The highest BCUT2D eigenvalue weighted by Gasteiger charge is 2.16. The molecule has 0 aliphatic carbocycles. The van der Waals surface area contributed by atoms with Gasteiger partial charge in [0.1, 0.15) is 5.75 Å². The first-order valence-corrected chi connectivity index (χ1v) is 9.60. The zero-order chi connectivity index (χ0) is 21.4. The van der Waals surface area contributed by atoms with Crippen molar-refractivity contribution < 1.29 is 24.2 Å². The Bertz CT molecular complexity index is 920. The summed E-state index contributed by atoms with van der Waals surface area (Å²) in [6, 6.07) is 9.32. The van der Waals surface area contributed by atoms with Gasteiger partial charge in [0.05, 0.1) is 30.0 Å². The lowest BCUT2D eigenvalue weighted by molar-refractivity contribution is 0.0696. The van der Waals surface area contributed by atoms with Crippen LogP contribution in [0.2, 0.25) is 5.02 Å². The summed E-state index contributed by atoms with van der Waals surface area (Å²) in [7, 11) is 1.39. The van der Waals surface area contributed by atoms with Crippen LogP contribution in [0.4, 0.5) is 5.69 Å². The van der Waals surface area contributed by atoms with Crippen molar-refractivity contribution in [3.05, 3.63) is 52.5 Å². The fourth-order valence-corrected chi connectivity index (χ4v) is 2.91. The van der Waals surface area contributed by atoms with Crippen molar-refractivity contribution in [2.24, 2.45) is 0 Å². The lowest BCUT2D eigenvalue weighted by Crippen LogP contribution is -2.34. The maximum Gasteiger partial charge on any atom is 0.335 e. The van der Waals surface area contributed by atoms with E-state index in [1.165, 1.54) is 19.2 Å². The second-order valence-corrected chi connectivity index (χ2v) is 6.80. The van der Waals surface area contributed by atoms with Crippen LogP contribution >= 0.6 is 23.8 Å². The minimum Gasteiger partial charge on any atom is -0.494 e. The van der Waals surface area contributed by atoms with Crippen LogP contribution in [0.25, 0.3) is 0 Å². The number of carbonyl (C=O) groups excluding carboxylic acids is 1. The van der Waals surface area contributed by atoms with E-state index in [2.05, 4.69) is 17.6 Å². The Morgan fingerprint density at radius 1 is 1.21 bits per heavy atom. The van der Waals surface area contributed by atoms with Gasteiger partial charge in [0.15, 0.2) is 10.9 Å². The van der Waals surface area contributed by atoms with Gasteiger partial charge in [-0.05, 0) is 49.0 Å². The molecule has 0 heterocycles. The molecule has 29 heavy (non-hydrogen) atoms. The van der Waals surface area contributed by atoms with E-state index in [1.807, 2.05) is 0 Å². The molecule has 3 N–H and O–H groups in total. The monoisotopic (exact) mass is 436 g/mol. The highest BCUT2D eigenvalue weighted by molar-refractivity contribution is 7.80. The Labute approximate surface area is 179 Å². The van der Waals surface area contributed by atoms with Crippen molar-refractivity contribution in [2.75, 3.05) is 19.0 Å². The molecule has 0 saturated heterocycles. The summed E-state index contributed by atoms with van der Waals surface area (Å²) in [4.78, 5) is 23.7. The van der Waals surface area contributed by atoms with Crippen LogP contribution in [-0.2, 0) is 0 Å². The molecular formula is C20H21ClN2O5S. The summed E-state index contributed by atoms with van der Waals surface area (Å²) in [6.45, 7) is 2.64. The topological polar surface area (TPSA) is 96.9 Å². The molecule has 0 aromatic heterocycles. The summed E-state index contributed by atoms with van der Waals surface area (Å²) in [5.41, 5.74) is 0.538. The number of carboxylic acids is 1. The second-order valence-electron chi connectivity index (χ2n) is 5.98. The van der Waals surface area contributed by atoms with Gasteiger partial charge >= 0.3 is 5.97 Å². The summed E-state index contributed by atoms with van der Waals surface area (Å²) in [6.07, 6.45) is 1.93. The number of aromatic carboxylic acids is 1. The smallest absolute Gasteiger partial charge is 0.335 e. The van der Waals surface area contributed by atoms with Gasteiger partial charge in [0, 0.05) is 5.56 Å². The number of unbranched alkanes of at least 4 members (excludes halogenated alkanes) is 1. The van der Waals surface area contributed by atoms with Crippen molar-refractivity contribution in [2.45, 2.75) is 19.8 Å². The summed E-state index contributed by atoms with van der Waals surface area (Å²) in [5, 5.41) is 14.5. The molecular weight excluding hydrogens is 416 g/mol. The third kappa shape index (κ3) is 6.33. The molecule has 0 unspecified atom stereocenters. The average molecular weight is 437 g/mol. The second kappa shape index (κ2) is 10.6. The van der Waals surface area contributed by atoms with Crippen LogP contribution in [0.1, 0.15) is 40.5 Å². The van der Waals surface area contributed by atoms with E-state index < -0.39 is 11.9 Å². The number of anilines is 1. The van der Waals surface area contributed by atoms with E-state index in [0.717, 1.165) is 12.8 Å². The molecule has 1 amide bonds. The highest BCUT2D eigenvalue weighted by Crippen LogP contribution is 2.34. The first-order valence-electron chi connectivity index (χ1n) is 8.81. The Balaban J connectivity index is 2.10. The molecule has 0 fully saturated rings. The quantitative estimate of drug-likeness (QED) is 0.418. The van der Waals surface area contributed by atoms with Crippen LogP contribution in [0.15, 0.2) is 36.4 Å². The largest absolute Gasteiger partial charge is 0.494 e. The molecule has 7 nitrogen and oxygen atoms in total. The van der Waals surface area contributed by atoms with Crippen LogP contribution < -0.4 is 20.1 Å². The number of halogens is 1. The van der Waals surface area contributed by atoms with Gasteiger partial charge in [0.25, 0.3) is 5.91 Å².